The lowest BCUT2D eigenvalue weighted by atomic mass is 10.0. The molecule has 0 aliphatic carbocycles. The molecule has 0 fully saturated rings. The summed E-state index contributed by atoms with van der Waals surface area (Å²) in [6.45, 7) is 2.45. The first-order valence-corrected chi connectivity index (χ1v) is 15.9. The zero-order valence-corrected chi connectivity index (χ0v) is 25.4. The Labute approximate surface area is 251 Å². The summed E-state index contributed by atoms with van der Waals surface area (Å²) in [5.41, 5.74) is 1.80. The number of nitrogens with one attached hydrogen (secondary N) is 1. The van der Waals surface area contributed by atoms with Crippen LogP contribution in [0.1, 0.15) is 37.3 Å². The number of nitrogens with zero attached hydrogens (tertiary/aromatic N) is 2. The van der Waals surface area contributed by atoms with E-state index in [2.05, 4.69) is 5.32 Å². The van der Waals surface area contributed by atoms with Crippen LogP contribution in [0.25, 0.3) is 0 Å². The predicted molar refractivity (Wildman–Crippen MR) is 162 cm³/mol. The summed E-state index contributed by atoms with van der Waals surface area (Å²) in [5.74, 6) is -1.12. The van der Waals surface area contributed by atoms with E-state index in [1.54, 1.807) is 18.2 Å². The van der Waals surface area contributed by atoms with Crippen LogP contribution in [0.3, 0.4) is 0 Å². The molecule has 0 saturated heterocycles. The topological polar surface area (TPSA) is 86.8 Å². The van der Waals surface area contributed by atoms with Gasteiger partial charge in [0, 0.05) is 42.5 Å². The minimum absolute atomic E-state index is 0.00285. The van der Waals surface area contributed by atoms with E-state index in [0.29, 0.717) is 27.8 Å². The van der Waals surface area contributed by atoms with Crippen LogP contribution in [0.2, 0.25) is 10.0 Å². The molecule has 0 aliphatic heterocycles. The van der Waals surface area contributed by atoms with E-state index in [1.165, 1.54) is 29.2 Å². The molecule has 0 saturated carbocycles. The molecule has 220 valence electrons. The molecule has 3 aromatic carbocycles. The number of hydrogen-bond donors (Lipinski definition) is 1. The second kappa shape index (κ2) is 15.2. The van der Waals surface area contributed by atoms with E-state index in [4.69, 9.17) is 23.2 Å². The van der Waals surface area contributed by atoms with Gasteiger partial charge in [0.25, 0.3) is 0 Å². The fourth-order valence-corrected chi connectivity index (χ4v) is 5.80. The minimum atomic E-state index is -3.70. The van der Waals surface area contributed by atoms with Crippen molar-refractivity contribution >= 4 is 50.7 Å². The lowest BCUT2D eigenvalue weighted by Gasteiger charge is -2.32. The number of halogens is 3. The first kappa shape index (κ1) is 32.4. The van der Waals surface area contributed by atoms with Gasteiger partial charge in [-0.15, -0.1) is 0 Å². The molecule has 2 amide bonds. The van der Waals surface area contributed by atoms with Gasteiger partial charge in [0.15, 0.2) is 0 Å². The van der Waals surface area contributed by atoms with Crippen LogP contribution in [0.4, 0.5) is 10.1 Å². The number of amides is 2. The van der Waals surface area contributed by atoms with Gasteiger partial charge in [-0.1, -0.05) is 66.5 Å². The quantitative estimate of drug-likeness (QED) is 0.245. The number of carbonyl (C=O) groups excluding carboxylic acids is 2. The third-order valence-corrected chi connectivity index (χ3v) is 8.22. The minimum Gasteiger partial charge on any atom is -0.354 e. The van der Waals surface area contributed by atoms with Gasteiger partial charge in [-0.3, -0.25) is 13.9 Å². The highest BCUT2D eigenvalue weighted by molar-refractivity contribution is 7.92. The average Bonchev–Trinajstić information content (AvgIpc) is 2.93. The smallest absolute Gasteiger partial charge is 0.243 e. The summed E-state index contributed by atoms with van der Waals surface area (Å²) in [4.78, 5) is 28.7. The van der Waals surface area contributed by atoms with E-state index in [9.17, 15) is 22.4 Å². The van der Waals surface area contributed by atoms with Crippen molar-refractivity contribution in [2.45, 2.75) is 45.2 Å². The third kappa shape index (κ3) is 9.73. The van der Waals surface area contributed by atoms with Crippen molar-refractivity contribution in [3.05, 3.63) is 99.8 Å². The van der Waals surface area contributed by atoms with Crippen molar-refractivity contribution in [3.8, 4) is 0 Å². The monoisotopic (exact) mass is 621 g/mol. The molecule has 3 rings (SSSR count). The molecule has 0 spiro atoms. The maximum absolute atomic E-state index is 13.8. The number of carbonyl (C=O) groups is 2. The van der Waals surface area contributed by atoms with E-state index >= 15 is 0 Å². The van der Waals surface area contributed by atoms with Crippen molar-refractivity contribution in [2.75, 3.05) is 23.7 Å². The number of hydrogen-bond acceptors (Lipinski definition) is 4. The molecule has 41 heavy (non-hydrogen) atoms. The van der Waals surface area contributed by atoms with Gasteiger partial charge in [-0.25, -0.2) is 12.8 Å². The molecule has 3 aromatic rings. The van der Waals surface area contributed by atoms with Crippen molar-refractivity contribution in [2.24, 2.45) is 0 Å². The Morgan fingerprint density at radius 3 is 2.29 bits per heavy atom. The molecule has 7 nitrogen and oxygen atoms in total. The molecule has 11 heteroatoms. The second-order valence-electron chi connectivity index (χ2n) is 9.67. The highest BCUT2D eigenvalue weighted by Gasteiger charge is 2.31. The Bertz CT molecular complexity index is 1420. The highest BCUT2D eigenvalue weighted by Crippen LogP contribution is 2.25. The van der Waals surface area contributed by atoms with Gasteiger partial charge in [0.2, 0.25) is 21.8 Å². The van der Waals surface area contributed by atoms with Gasteiger partial charge in [0.05, 0.1) is 11.9 Å². The Balaban J connectivity index is 1.89. The van der Waals surface area contributed by atoms with E-state index in [0.717, 1.165) is 22.5 Å². The van der Waals surface area contributed by atoms with Crippen LogP contribution in [-0.4, -0.2) is 50.5 Å². The third-order valence-electron chi connectivity index (χ3n) is 6.44. The summed E-state index contributed by atoms with van der Waals surface area (Å²) in [7, 11) is -3.70. The summed E-state index contributed by atoms with van der Waals surface area (Å²) < 4.78 is 39.5. The lowest BCUT2D eigenvalue weighted by Crippen LogP contribution is -2.50. The Morgan fingerprint density at radius 1 is 1.00 bits per heavy atom. The summed E-state index contributed by atoms with van der Waals surface area (Å²) in [5, 5.41) is 3.72. The predicted octanol–water partition coefficient (Wildman–Crippen LogP) is 5.85. The molecule has 1 unspecified atom stereocenters. The largest absolute Gasteiger partial charge is 0.354 e. The van der Waals surface area contributed by atoms with Gasteiger partial charge in [0.1, 0.15) is 11.9 Å². The molecule has 0 heterocycles. The van der Waals surface area contributed by atoms with Crippen LogP contribution in [0.15, 0.2) is 72.8 Å². The van der Waals surface area contributed by atoms with Crippen molar-refractivity contribution in [3.63, 3.8) is 0 Å². The first-order chi connectivity index (χ1) is 19.5. The number of benzene rings is 3. The van der Waals surface area contributed by atoms with Gasteiger partial charge < -0.3 is 10.2 Å². The molecule has 1 N–H and O–H groups in total. The maximum atomic E-state index is 13.8. The summed E-state index contributed by atoms with van der Waals surface area (Å²) in [6, 6.07) is 18.6. The van der Waals surface area contributed by atoms with Crippen LogP contribution in [-0.2, 0) is 32.6 Å². The lowest BCUT2D eigenvalue weighted by molar-refractivity contribution is -0.141. The molecule has 0 radical (unpaired) electrons. The van der Waals surface area contributed by atoms with Crippen LogP contribution < -0.4 is 9.62 Å². The fraction of sp³-hybridized carbons (Fsp3) is 0.333. The SMILES string of the molecule is CCCNC(=O)C(Cc1ccccc1)N(Cc1ccc(Cl)cc1Cl)C(=O)CCCN(c1ccc(F)cc1)S(C)(=O)=O. The second-order valence-corrected chi connectivity index (χ2v) is 12.4. The molecule has 0 aliphatic rings. The summed E-state index contributed by atoms with van der Waals surface area (Å²) in [6.07, 6.45) is 2.19. The van der Waals surface area contributed by atoms with Crippen LogP contribution in [0, 0.1) is 5.82 Å². The number of anilines is 1. The van der Waals surface area contributed by atoms with Gasteiger partial charge >= 0.3 is 0 Å². The zero-order valence-electron chi connectivity index (χ0n) is 23.0. The number of rotatable bonds is 14. The maximum Gasteiger partial charge on any atom is 0.243 e. The van der Waals surface area contributed by atoms with Crippen LogP contribution >= 0.6 is 23.2 Å². The van der Waals surface area contributed by atoms with E-state index in [1.807, 2.05) is 37.3 Å². The van der Waals surface area contributed by atoms with E-state index in [-0.39, 0.29) is 44.2 Å². The van der Waals surface area contributed by atoms with Gasteiger partial charge in [-0.2, -0.15) is 0 Å². The van der Waals surface area contributed by atoms with Crippen molar-refractivity contribution in [1.29, 1.82) is 0 Å². The Hall–Kier alpha value is -3.14. The van der Waals surface area contributed by atoms with Crippen molar-refractivity contribution < 1.29 is 22.4 Å². The first-order valence-electron chi connectivity index (χ1n) is 13.3. The molecular weight excluding hydrogens is 588 g/mol. The molecule has 0 aromatic heterocycles. The highest BCUT2D eigenvalue weighted by atomic mass is 35.5. The average molecular weight is 623 g/mol. The normalized spacial score (nSPS) is 12.0. The Kier molecular flexibility index (Phi) is 12.0. The van der Waals surface area contributed by atoms with Crippen molar-refractivity contribution in [1.82, 2.24) is 10.2 Å². The number of sulfonamides is 1. The Morgan fingerprint density at radius 2 is 1.68 bits per heavy atom. The zero-order chi connectivity index (χ0) is 30.0. The summed E-state index contributed by atoms with van der Waals surface area (Å²) >= 11 is 12.5. The standard InChI is InChI=1S/C30H34Cl2FN3O4S/c1-3-17-34-30(38)28(19-22-8-5-4-6-9-22)35(21-23-11-12-24(31)20-27(23)32)29(37)10-7-18-36(41(2,39)40)26-15-13-25(33)14-16-26/h4-6,8-9,11-16,20,28H,3,7,10,17-19,21H2,1-2H3,(H,34,38). The molecule has 0 bridgehead atoms. The van der Waals surface area contributed by atoms with Gasteiger partial charge in [-0.05, 0) is 60.4 Å². The van der Waals surface area contributed by atoms with Crippen LogP contribution in [0.5, 0.6) is 0 Å². The van der Waals surface area contributed by atoms with E-state index < -0.39 is 21.9 Å². The fourth-order valence-electron chi connectivity index (χ4n) is 4.36. The molecule has 1 atom stereocenters. The molecular formula is C30H34Cl2FN3O4S.